The zero-order chi connectivity index (χ0) is 13.9. The molecule has 0 heterocycles. The Morgan fingerprint density at radius 1 is 1.44 bits per heavy atom. The standard InChI is InChI=1S/C12H18BrFN2OS/c1-12(2,18(16)17)6-9(7-15)8-3-10(13)5-11(14)4-8/h3-5,9H,6-7,15-16H2,1-2H3/t9-,18?/m1/s1. The summed E-state index contributed by atoms with van der Waals surface area (Å²) < 4.78 is 24.9. The summed E-state index contributed by atoms with van der Waals surface area (Å²) in [5.74, 6) is -0.385. The van der Waals surface area contributed by atoms with Crippen molar-refractivity contribution in [3.63, 3.8) is 0 Å². The lowest BCUT2D eigenvalue weighted by molar-refractivity contribution is 0.519. The van der Waals surface area contributed by atoms with Crippen molar-refractivity contribution >= 4 is 26.9 Å². The Morgan fingerprint density at radius 2 is 2.06 bits per heavy atom. The molecule has 1 aromatic rings. The zero-order valence-electron chi connectivity index (χ0n) is 10.5. The van der Waals surface area contributed by atoms with Crippen LogP contribution in [0.25, 0.3) is 0 Å². The van der Waals surface area contributed by atoms with Crippen molar-refractivity contribution in [2.24, 2.45) is 10.9 Å². The van der Waals surface area contributed by atoms with Gasteiger partial charge >= 0.3 is 0 Å². The molecule has 102 valence electrons. The maximum absolute atomic E-state index is 13.4. The molecule has 0 saturated heterocycles. The van der Waals surface area contributed by atoms with Crippen molar-refractivity contribution in [3.05, 3.63) is 34.1 Å². The van der Waals surface area contributed by atoms with E-state index in [0.717, 1.165) is 5.56 Å². The van der Waals surface area contributed by atoms with E-state index >= 15 is 0 Å². The SMILES string of the molecule is CC(C)(C[C@H](CN)c1cc(F)cc(Br)c1)S(N)=O. The van der Waals surface area contributed by atoms with Crippen LogP contribution in [0.1, 0.15) is 31.7 Å². The molecule has 0 fully saturated rings. The molecule has 18 heavy (non-hydrogen) atoms. The largest absolute Gasteiger partial charge is 0.330 e. The van der Waals surface area contributed by atoms with Crippen molar-refractivity contribution in [1.82, 2.24) is 0 Å². The number of benzene rings is 1. The minimum atomic E-state index is -1.44. The smallest absolute Gasteiger partial charge is 0.124 e. The molecule has 1 unspecified atom stereocenters. The summed E-state index contributed by atoms with van der Waals surface area (Å²) in [7, 11) is -1.44. The van der Waals surface area contributed by atoms with Gasteiger partial charge in [-0.05, 0) is 56.5 Å². The highest BCUT2D eigenvalue weighted by Crippen LogP contribution is 2.30. The fraction of sp³-hybridized carbons (Fsp3) is 0.500. The van der Waals surface area contributed by atoms with Gasteiger partial charge in [0.25, 0.3) is 0 Å². The summed E-state index contributed by atoms with van der Waals surface area (Å²) in [5, 5.41) is 5.46. The highest BCUT2D eigenvalue weighted by molar-refractivity contribution is 9.10. The molecule has 0 bridgehead atoms. The first-order chi connectivity index (χ1) is 8.26. The van der Waals surface area contributed by atoms with Crippen LogP contribution < -0.4 is 10.9 Å². The lowest BCUT2D eigenvalue weighted by atomic mass is 9.90. The second kappa shape index (κ2) is 6.23. The summed E-state index contributed by atoms with van der Waals surface area (Å²) in [6, 6.07) is 4.68. The van der Waals surface area contributed by atoms with Gasteiger partial charge in [0, 0.05) is 4.47 Å². The van der Waals surface area contributed by atoms with Gasteiger partial charge in [0.05, 0.1) is 15.7 Å². The Hall–Kier alpha value is -0.300. The Labute approximate surface area is 118 Å². The number of rotatable bonds is 5. The number of hydrogen-bond donors (Lipinski definition) is 2. The molecular weight excluding hydrogens is 319 g/mol. The highest BCUT2D eigenvalue weighted by atomic mass is 79.9. The van der Waals surface area contributed by atoms with Crippen LogP contribution >= 0.6 is 15.9 Å². The van der Waals surface area contributed by atoms with Gasteiger partial charge in [-0.2, -0.15) is 0 Å². The van der Waals surface area contributed by atoms with Gasteiger partial charge in [0.15, 0.2) is 0 Å². The van der Waals surface area contributed by atoms with Crippen molar-refractivity contribution in [2.45, 2.75) is 30.9 Å². The van der Waals surface area contributed by atoms with E-state index in [0.29, 0.717) is 17.4 Å². The summed E-state index contributed by atoms with van der Waals surface area (Å²) in [6.07, 6.45) is 0.544. The molecule has 1 rings (SSSR count). The molecule has 1 aromatic carbocycles. The average molecular weight is 337 g/mol. The van der Waals surface area contributed by atoms with Crippen LogP contribution in [0, 0.1) is 5.82 Å². The predicted molar refractivity (Wildman–Crippen MR) is 76.9 cm³/mol. The molecule has 0 aromatic heterocycles. The van der Waals surface area contributed by atoms with Crippen LogP contribution in [0.4, 0.5) is 4.39 Å². The third-order valence-electron chi connectivity index (χ3n) is 2.92. The maximum Gasteiger partial charge on any atom is 0.124 e. The molecule has 0 aliphatic heterocycles. The van der Waals surface area contributed by atoms with Crippen LogP contribution in [0.2, 0.25) is 0 Å². The second-order valence-corrected chi connectivity index (χ2v) is 7.51. The fourth-order valence-electron chi connectivity index (χ4n) is 1.82. The minimum absolute atomic E-state index is 0.0699. The van der Waals surface area contributed by atoms with Gasteiger partial charge < -0.3 is 5.73 Å². The lowest BCUT2D eigenvalue weighted by Crippen LogP contribution is -2.35. The zero-order valence-corrected chi connectivity index (χ0v) is 12.9. The monoisotopic (exact) mass is 336 g/mol. The molecule has 4 N–H and O–H groups in total. The summed E-state index contributed by atoms with van der Waals surface area (Å²) in [6.45, 7) is 4.00. The van der Waals surface area contributed by atoms with Crippen LogP contribution in [0.15, 0.2) is 22.7 Å². The molecule has 2 atom stereocenters. The van der Waals surface area contributed by atoms with Crippen LogP contribution in [0.5, 0.6) is 0 Å². The average Bonchev–Trinajstić information content (AvgIpc) is 2.24. The number of hydrogen-bond acceptors (Lipinski definition) is 2. The van der Waals surface area contributed by atoms with Crippen LogP contribution in [-0.4, -0.2) is 15.5 Å². The van der Waals surface area contributed by atoms with Gasteiger partial charge in [-0.15, -0.1) is 0 Å². The highest BCUT2D eigenvalue weighted by Gasteiger charge is 2.28. The third kappa shape index (κ3) is 4.12. The first kappa shape index (κ1) is 15.8. The Kier molecular flexibility index (Phi) is 5.46. The van der Waals surface area contributed by atoms with Crippen molar-refractivity contribution in [1.29, 1.82) is 0 Å². The Bertz CT molecular complexity index is 433. The van der Waals surface area contributed by atoms with E-state index < -0.39 is 15.7 Å². The molecule has 0 spiro atoms. The number of nitrogens with two attached hydrogens (primary N) is 2. The van der Waals surface area contributed by atoms with E-state index in [9.17, 15) is 8.60 Å². The summed E-state index contributed by atoms with van der Waals surface area (Å²) in [4.78, 5) is 0. The fourth-order valence-corrected chi connectivity index (χ4v) is 2.67. The quantitative estimate of drug-likeness (QED) is 0.866. The minimum Gasteiger partial charge on any atom is -0.330 e. The van der Waals surface area contributed by atoms with E-state index in [4.69, 9.17) is 10.9 Å². The Morgan fingerprint density at radius 3 is 2.50 bits per heavy atom. The normalized spacial score (nSPS) is 15.4. The third-order valence-corrected chi connectivity index (χ3v) is 4.64. The van der Waals surface area contributed by atoms with Crippen molar-refractivity contribution < 1.29 is 8.60 Å². The van der Waals surface area contributed by atoms with Gasteiger partial charge in [-0.3, -0.25) is 5.14 Å². The molecular formula is C12H18BrFN2OS. The van der Waals surface area contributed by atoms with Crippen molar-refractivity contribution in [3.8, 4) is 0 Å². The lowest BCUT2D eigenvalue weighted by Gasteiger charge is -2.27. The molecule has 3 nitrogen and oxygen atoms in total. The second-order valence-electron chi connectivity index (χ2n) is 4.90. The molecule has 0 radical (unpaired) electrons. The molecule has 0 aliphatic carbocycles. The maximum atomic E-state index is 13.4. The van der Waals surface area contributed by atoms with Crippen LogP contribution in [0.3, 0.4) is 0 Å². The molecule has 0 amide bonds. The molecule has 0 aliphatic rings. The van der Waals surface area contributed by atoms with E-state index in [1.165, 1.54) is 12.1 Å². The van der Waals surface area contributed by atoms with E-state index in [1.807, 2.05) is 19.9 Å². The summed E-state index contributed by atoms with van der Waals surface area (Å²) in [5.41, 5.74) is 6.53. The van der Waals surface area contributed by atoms with Gasteiger partial charge in [0.2, 0.25) is 0 Å². The number of halogens is 2. The van der Waals surface area contributed by atoms with E-state index in [2.05, 4.69) is 15.9 Å². The Balaban J connectivity index is 3.00. The topological polar surface area (TPSA) is 69.1 Å². The van der Waals surface area contributed by atoms with Gasteiger partial charge in [-0.1, -0.05) is 15.9 Å². The first-order valence-corrected chi connectivity index (χ1v) is 7.59. The van der Waals surface area contributed by atoms with Crippen molar-refractivity contribution in [2.75, 3.05) is 6.54 Å². The molecule has 6 heteroatoms. The van der Waals surface area contributed by atoms with Gasteiger partial charge in [0.1, 0.15) is 5.82 Å². The van der Waals surface area contributed by atoms with Crippen LogP contribution in [-0.2, 0) is 11.0 Å². The van der Waals surface area contributed by atoms with E-state index in [-0.39, 0.29) is 11.7 Å². The summed E-state index contributed by atoms with van der Waals surface area (Å²) >= 11 is 3.25. The molecule has 0 saturated carbocycles. The predicted octanol–water partition coefficient (Wildman–Crippen LogP) is 2.42. The van der Waals surface area contributed by atoms with Gasteiger partial charge in [-0.25, -0.2) is 8.60 Å². The first-order valence-electron chi connectivity index (χ1n) is 5.58. The van der Waals surface area contributed by atoms with E-state index in [1.54, 1.807) is 0 Å².